The molecule has 4 atom stereocenters. The van der Waals surface area contributed by atoms with Gasteiger partial charge in [0.05, 0.1) is 19.1 Å². The molecule has 3 rings (SSSR count). The number of carbonyl (C=O) groups is 1. The van der Waals surface area contributed by atoms with Gasteiger partial charge in [0, 0.05) is 25.6 Å². The Morgan fingerprint density at radius 1 is 1.39 bits per heavy atom. The second-order valence-corrected chi connectivity index (χ2v) is 7.85. The Balaban J connectivity index is 1.96. The van der Waals surface area contributed by atoms with Crippen molar-refractivity contribution < 1.29 is 14.3 Å². The van der Waals surface area contributed by atoms with Crippen LogP contribution in [0.4, 0.5) is 0 Å². The Morgan fingerprint density at radius 2 is 2.17 bits per heavy atom. The van der Waals surface area contributed by atoms with Crippen LogP contribution in [0.1, 0.15) is 43.5 Å². The van der Waals surface area contributed by atoms with Crippen LogP contribution < -0.4 is 9.47 Å². The van der Waals surface area contributed by atoms with Crippen LogP contribution in [-0.2, 0) is 0 Å². The summed E-state index contributed by atoms with van der Waals surface area (Å²) in [5.41, 5.74) is 0.279. The molecule has 1 aromatic rings. The molecule has 0 saturated carbocycles. The zero-order chi connectivity index (χ0) is 16.6. The molecule has 126 valence electrons. The lowest BCUT2D eigenvalue weighted by atomic mass is 9.74. The Kier molecular flexibility index (Phi) is 4.66. The number of fused-ring (bicyclic) bond motifs is 1. The second kappa shape index (κ2) is 6.41. The number of benzene rings is 1. The van der Waals surface area contributed by atoms with Crippen molar-refractivity contribution in [3.8, 4) is 11.5 Å². The fraction of sp³-hybridized carbons (Fsp3) is 0.611. The van der Waals surface area contributed by atoms with Crippen molar-refractivity contribution in [1.29, 1.82) is 0 Å². The van der Waals surface area contributed by atoms with E-state index < -0.39 is 5.60 Å². The number of Topliss-reactive ketones (excluding diaryl/α,β-unsaturated/α-hetero) is 1. The molecule has 0 radical (unpaired) electrons. The SMILES string of the molecule is COc1ccc2c(c1)OC1(CCN(P)CC(C)CC1C)CC2=O. The molecule has 5 heteroatoms. The first kappa shape index (κ1) is 16.7. The molecule has 0 N–H and O–H groups in total. The summed E-state index contributed by atoms with van der Waals surface area (Å²) in [7, 11) is 4.44. The lowest BCUT2D eigenvalue weighted by Gasteiger charge is -2.45. The van der Waals surface area contributed by atoms with Gasteiger partial charge in [-0.2, -0.15) is 0 Å². The van der Waals surface area contributed by atoms with E-state index in [9.17, 15) is 4.79 Å². The van der Waals surface area contributed by atoms with Gasteiger partial charge in [0.2, 0.25) is 0 Å². The van der Waals surface area contributed by atoms with E-state index in [4.69, 9.17) is 9.47 Å². The zero-order valence-electron chi connectivity index (χ0n) is 14.2. The smallest absolute Gasteiger partial charge is 0.170 e. The van der Waals surface area contributed by atoms with Crippen LogP contribution >= 0.6 is 9.39 Å². The molecule has 0 bridgehead atoms. The van der Waals surface area contributed by atoms with Crippen molar-refractivity contribution in [3.63, 3.8) is 0 Å². The van der Waals surface area contributed by atoms with Gasteiger partial charge in [0.25, 0.3) is 0 Å². The molecule has 0 aromatic heterocycles. The molecule has 2 aliphatic rings. The topological polar surface area (TPSA) is 38.8 Å². The zero-order valence-corrected chi connectivity index (χ0v) is 15.3. The summed E-state index contributed by atoms with van der Waals surface area (Å²) < 4.78 is 14.0. The minimum Gasteiger partial charge on any atom is -0.497 e. The monoisotopic (exact) mass is 335 g/mol. The molecule has 0 aliphatic carbocycles. The first-order valence-electron chi connectivity index (χ1n) is 8.33. The number of methoxy groups -OCH3 is 1. The van der Waals surface area contributed by atoms with E-state index in [2.05, 4.69) is 27.9 Å². The molecule has 2 aliphatic heterocycles. The molecule has 1 aromatic carbocycles. The van der Waals surface area contributed by atoms with Crippen LogP contribution in [0.2, 0.25) is 0 Å². The van der Waals surface area contributed by atoms with Gasteiger partial charge in [-0.3, -0.25) is 9.46 Å². The molecule has 4 nitrogen and oxygen atoms in total. The Bertz CT molecular complexity index is 606. The molecule has 4 unspecified atom stereocenters. The Morgan fingerprint density at radius 3 is 2.91 bits per heavy atom. The third-order valence-electron chi connectivity index (χ3n) is 5.28. The molecule has 1 fully saturated rings. The quantitative estimate of drug-likeness (QED) is 0.736. The normalized spacial score (nSPS) is 31.9. The van der Waals surface area contributed by atoms with E-state index in [0.29, 0.717) is 29.6 Å². The summed E-state index contributed by atoms with van der Waals surface area (Å²) in [5.74, 6) is 2.53. The molecular formula is C18H26NO3P. The van der Waals surface area contributed by atoms with Crippen LogP contribution in [0.5, 0.6) is 11.5 Å². The van der Waals surface area contributed by atoms with E-state index in [-0.39, 0.29) is 5.78 Å². The van der Waals surface area contributed by atoms with Crippen molar-refractivity contribution in [2.75, 3.05) is 20.2 Å². The van der Waals surface area contributed by atoms with Crippen LogP contribution in [0.3, 0.4) is 0 Å². The van der Waals surface area contributed by atoms with E-state index in [1.54, 1.807) is 7.11 Å². The molecular weight excluding hydrogens is 309 g/mol. The van der Waals surface area contributed by atoms with Crippen molar-refractivity contribution in [2.45, 2.75) is 38.7 Å². The lowest BCUT2D eigenvalue weighted by Crippen LogP contribution is -2.51. The lowest BCUT2D eigenvalue weighted by molar-refractivity contribution is -0.0239. The molecule has 1 spiro atoms. The van der Waals surface area contributed by atoms with E-state index in [1.807, 2.05) is 18.2 Å². The predicted octanol–water partition coefficient (Wildman–Crippen LogP) is 3.56. The maximum Gasteiger partial charge on any atom is 0.170 e. The summed E-state index contributed by atoms with van der Waals surface area (Å²) in [6.45, 7) is 6.50. The second-order valence-electron chi connectivity index (χ2n) is 7.12. The fourth-order valence-electron chi connectivity index (χ4n) is 3.94. The van der Waals surface area contributed by atoms with Crippen molar-refractivity contribution in [2.24, 2.45) is 11.8 Å². The van der Waals surface area contributed by atoms with Crippen LogP contribution in [0.25, 0.3) is 0 Å². The van der Waals surface area contributed by atoms with Gasteiger partial charge in [-0.1, -0.05) is 23.2 Å². The first-order valence-corrected chi connectivity index (χ1v) is 8.85. The van der Waals surface area contributed by atoms with Crippen LogP contribution in [0.15, 0.2) is 18.2 Å². The number of rotatable bonds is 1. The summed E-state index contributed by atoms with van der Waals surface area (Å²) in [5, 5.41) is 0. The minimum absolute atomic E-state index is 0.185. The average Bonchev–Trinajstić information content (AvgIpc) is 2.51. The number of nitrogens with zero attached hydrogens (tertiary/aromatic N) is 1. The fourth-order valence-corrected chi connectivity index (χ4v) is 4.43. The highest BCUT2D eigenvalue weighted by atomic mass is 31.0. The standard InChI is InChI=1S/C18H26NO3P/c1-12-8-13(2)18(6-7-19(23)11-12)10-16(20)15-5-4-14(21-3)9-17(15)22-18/h4-5,9,12-13H,6-8,10-11,23H2,1-3H3. The third kappa shape index (κ3) is 3.25. The van der Waals surface area contributed by atoms with E-state index >= 15 is 0 Å². The third-order valence-corrected chi connectivity index (χ3v) is 5.75. The van der Waals surface area contributed by atoms with Crippen molar-refractivity contribution in [3.05, 3.63) is 23.8 Å². The molecule has 0 amide bonds. The highest BCUT2D eigenvalue weighted by Crippen LogP contribution is 2.44. The molecule has 23 heavy (non-hydrogen) atoms. The maximum atomic E-state index is 12.7. The summed E-state index contributed by atoms with van der Waals surface area (Å²) >= 11 is 0. The van der Waals surface area contributed by atoms with Crippen molar-refractivity contribution >= 4 is 15.2 Å². The van der Waals surface area contributed by atoms with Gasteiger partial charge in [-0.25, -0.2) is 0 Å². The molecule has 2 heterocycles. The average molecular weight is 335 g/mol. The van der Waals surface area contributed by atoms with Gasteiger partial charge < -0.3 is 9.47 Å². The van der Waals surface area contributed by atoms with Crippen LogP contribution in [0, 0.1) is 11.8 Å². The first-order chi connectivity index (χ1) is 10.9. The Labute approximate surface area is 140 Å². The Hall–Kier alpha value is -1.12. The van der Waals surface area contributed by atoms with Gasteiger partial charge in [-0.05, 0) is 30.4 Å². The molecule has 1 saturated heterocycles. The van der Waals surface area contributed by atoms with Gasteiger partial charge >= 0.3 is 0 Å². The maximum absolute atomic E-state index is 12.7. The highest BCUT2D eigenvalue weighted by molar-refractivity contribution is 7.13. The summed E-state index contributed by atoms with van der Waals surface area (Å²) in [6.07, 6.45) is 2.41. The summed E-state index contributed by atoms with van der Waals surface area (Å²) in [6, 6.07) is 5.50. The van der Waals surface area contributed by atoms with Gasteiger partial charge in [-0.15, -0.1) is 0 Å². The highest BCUT2D eigenvalue weighted by Gasteiger charge is 2.45. The predicted molar refractivity (Wildman–Crippen MR) is 94.1 cm³/mol. The van der Waals surface area contributed by atoms with Gasteiger partial charge in [0.1, 0.15) is 17.1 Å². The number of carbonyl (C=O) groups excluding carboxylic acids is 1. The van der Waals surface area contributed by atoms with E-state index in [0.717, 1.165) is 31.7 Å². The van der Waals surface area contributed by atoms with Gasteiger partial charge in [0.15, 0.2) is 5.78 Å². The van der Waals surface area contributed by atoms with Crippen molar-refractivity contribution in [1.82, 2.24) is 4.67 Å². The van der Waals surface area contributed by atoms with E-state index in [1.165, 1.54) is 0 Å². The van der Waals surface area contributed by atoms with Crippen LogP contribution in [-0.4, -0.2) is 36.3 Å². The minimum atomic E-state index is -0.403. The largest absolute Gasteiger partial charge is 0.497 e. The summed E-state index contributed by atoms with van der Waals surface area (Å²) in [4.78, 5) is 12.7. The number of hydrogen-bond acceptors (Lipinski definition) is 4. The number of ketones is 1. The number of hydrogen-bond donors (Lipinski definition) is 0. The number of ether oxygens (including phenoxy) is 2.